The molecule has 1 heterocycles. The standard InChI is InChI=1S/C13H12O3S/c1-2-16-13(15)12-8-7-11(17-12)9-3-5-10(14)6-4-9/h3-8,14H,2H2,1H3. The van der Waals surface area contributed by atoms with Gasteiger partial charge in [0, 0.05) is 4.88 Å². The van der Waals surface area contributed by atoms with Crippen LogP contribution in [0.2, 0.25) is 0 Å². The van der Waals surface area contributed by atoms with Crippen molar-refractivity contribution in [1.82, 2.24) is 0 Å². The van der Waals surface area contributed by atoms with Crippen LogP contribution in [0.1, 0.15) is 16.6 Å². The minimum absolute atomic E-state index is 0.232. The first-order valence-corrected chi connectivity index (χ1v) is 6.08. The summed E-state index contributed by atoms with van der Waals surface area (Å²) >= 11 is 1.38. The smallest absolute Gasteiger partial charge is 0.348 e. The summed E-state index contributed by atoms with van der Waals surface area (Å²) in [5.41, 5.74) is 0.975. The number of benzene rings is 1. The van der Waals surface area contributed by atoms with Gasteiger partial charge in [-0.15, -0.1) is 11.3 Å². The van der Waals surface area contributed by atoms with E-state index in [1.54, 1.807) is 25.1 Å². The Morgan fingerprint density at radius 2 is 1.94 bits per heavy atom. The quantitative estimate of drug-likeness (QED) is 0.848. The highest BCUT2D eigenvalue weighted by Gasteiger charge is 2.10. The monoisotopic (exact) mass is 248 g/mol. The van der Waals surface area contributed by atoms with Crippen molar-refractivity contribution in [1.29, 1.82) is 0 Å². The summed E-state index contributed by atoms with van der Waals surface area (Å²) in [6.07, 6.45) is 0. The van der Waals surface area contributed by atoms with E-state index in [0.717, 1.165) is 10.4 Å². The lowest BCUT2D eigenvalue weighted by atomic mass is 10.2. The molecular formula is C13H12O3S. The second kappa shape index (κ2) is 5.01. The lowest BCUT2D eigenvalue weighted by Gasteiger charge is -1.98. The highest BCUT2D eigenvalue weighted by Crippen LogP contribution is 2.29. The largest absolute Gasteiger partial charge is 0.508 e. The zero-order valence-corrected chi connectivity index (χ0v) is 10.2. The molecule has 17 heavy (non-hydrogen) atoms. The van der Waals surface area contributed by atoms with Crippen molar-refractivity contribution in [3.8, 4) is 16.2 Å². The van der Waals surface area contributed by atoms with E-state index in [2.05, 4.69) is 0 Å². The van der Waals surface area contributed by atoms with Crippen LogP contribution in [0.15, 0.2) is 36.4 Å². The summed E-state index contributed by atoms with van der Waals surface area (Å²) in [7, 11) is 0. The first-order chi connectivity index (χ1) is 8.20. The Balaban J connectivity index is 2.23. The second-order valence-corrected chi connectivity index (χ2v) is 4.52. The molecule has 0 saturated heterocycles. The van der Waals surface area contributed by atoms with Crippen LogP contribution in [0.5, 0.6) is 5.75 Å². The van der Waals surface area contributed by atoms with Crippen LogP contribution >= 0.6 is 11.3 Å². The molecule has 0 aliphatic heterocycles. The number of ether oxygens (including phenoxy) is 1. The molecule has 0 aliphatic rings. The Morgan fingerprint density at radius 1 is 1.24 bits per heavy atom. The highest BCUT2D eigenvalue weighted by atomic mass is 32.1. The molecule has 2 rings (SSSR count). The van der Waals surface area contributed by atoms with Crippen LogP contribution in [0, 0.1) is 0 Å². The summed E-state index contributed by atoms with van der Waals surface area (Å²) in [6, 6.07) is 10.5. The van der Waals surface area contributed by atoms with E-state index in [4.69, 9.17) is 4.74 Å². The molecule has 1 aromatic heterocycles. The van der Waals surface area contributed by atoms with Crippen molar-refractivity contribution >= 4 is 17.3 Å². The van der Waals surface area contributed by atoms with E-state index in [-0.39, 0.29) is 11.7 Å². The topological polar surface area (TPSA) is 46.5 Å². The Bertz CT molecular complexity index is 514. The van der Waals surface area contributed by atoms with Crippen molar-refractivity contribution < 1.29 is 14.6 Å². The molecule has 1 aromatic carbocycles. The van der Waals surface area contributed by atoms with Gasteiger partial charge in [0.15, 0.2) is 0 Å². The SMILES string of the molecule is CCOC(=O)c1ccc(-c2ccc(O)cc2)s1. The summed E-state index contributed by atoms with van der Waals surface area (Å²) in [4.78, 5) is 13.1. The molecule has 3 nitrogen and oxygen atoms in total. The zero-order valence-electron chi connectivity index (χ0n) is 9.34. The summed E-state index contributed by atoms with van der Waals surface area (Å²) < 4.78 is 4.93. The third kappa shape index (κ3) is 2.65. The number of phenols is 1. The second-order valence-electron chi connectivity index (χ2n) is 3.43. The zero-order chi connectivity index (χ0) is 12.3. The molecular weight excluding hydrogens is 236 g/mol. The summed E-state index contributed by atoms with van der Waals surface area (Å²) in [5.74, 6) is -0.0570. The van der Waals surface area contributed by atoms with Crippen LogP contribution in [0.25, 0.3) is 10.4 Å². The lowest BCUT2D eigenvalue weighted by molar-refractivity contribution is 0.0532. The highest BCUT2D eigenvalue weighted by molar-refractivity contribution is 7.17. The van der Waals surface area contributed by atoms with E-state index < -0.39 is 0 Å². The number of aromatic hydroxyl groups is 1. The number of hydrogen-bond acceptors (Lipinski definition) is 4. The minimum atomic E-state index is -0.289. The van der Waals surface area contributed by atoms with E-state index in [9.17, 15) is 9.90 Å². The number of thiophene rings is 1. The summed E-state index contributed by atoms with van der Waals surface area (Å²) in [5, 5.41) is 9.20. The number of carbonyl (C=O) groups excluding carboxylic acids is 1. The average Bonchev–Trinajstić information content (AvgIpc) is 2.80. The average molecular weight is 248 g/mol. The Labute approximate surface area is 103 Å². The van der Waals surface area contributed by atoms with Gasteiger partial charge < -0.3 is 9.84 Å². The molecule has 1 N–H and O–H groups in total. The van der Waals surface area contributed by atoms with Crippen molar-refractivity contribution in [2.45, 2.75) is 6.92 Å². The molecule has 0 amide bonds. The van der Waals surface area contributed by atoms with Crippen LogP contribution < -0.4 is 0 Å². The Morgan fingerprint density at radius 3 is 2.59 bits per heavy atom. The van der Waals surface area contributed by atoms with Gasteiger partial charge in [-0.05, 0) is 48.9 Å². The van der Waals surface area contributed by atoms with Crippen LogP contribution in [0.4, 0.5) is 0 Å². The summed E-state index contributed by atoms with van der Waals surface area (Å²) in [6.45, 7) is 2.16. The molecule has 0 unspecified atom stereocenters. The third-order valence-electron chi connectivity index (χ3n) is 2.23. The van der Waals surface area contributed by atoms with Gasteiger partial charge in [-0.1, -0.05) is 0 Å². The van der Waals surface area contributed by atoms with Crippen molar-refractivity contribution in [2.75, 3.05) is 6.61 Å². The van der Waals surface area contributed by atoms with E-state index in [0.29, 0.717) is 11.5 Å². The fraction of sp³-hybridized carbons (Fsp3) is 0.154. The number of hydrogen-bond donors (Lipinski definition) is 1. The van der Waals surface area contributed by atoms with Crippen LogP contribution in [-0.4, -0.2) is 17.7 Å². The predicted octanol–water partition coefficient (Wildman–Crippen LogP) is 3.30. The molecule has 0 aliphatic carbocycles. The number of esters is 1. The minimum Gasteiger partial charge on any atom is -0.508 e. The maximum Gasteiger partial charge on any atom is 0.348 e. The molecule has 2 aromatic rings. The number of carbonyl (C=O) groups is 1. The molecule has 88 valence electrons. The lowest BCUT2D eigenvalue weighted by Crippen LogP contribution is -2.01. The molecule has 0 atom stereocenters. The molecule has 0 radical (unpaired) electrons. The Kier molecular flexibility index (Phi) is 3.44. The fourth-order valence-corrected chi connectivity index (χ4v) is 2.34. The van der Waals surface area contributed by atoms with E-state index >= 15 is 0 Å². The molecule has 0 saturated carbocycles. The maximum absolute atomic E-state index is 11.5. The van der Waals surface area contributed by atoms with Crippen molar-refractivity contribution in [3.63, 3.8) is 0 Å². The maximum atomic E-state index is 11.5. The van der Waals surface area contributed by atoms with Crippen LogP contribution in [0.3, 0.4) is 0 Å². The number of phenolic OH excluding ortho intramolecular Hbond substituents is 1. The van der Waals surface area contributed by atoms with Gasteiger partial charge in [0.05, 0.1) is 6.61 Å². The normalized spacial score (nSPS) is 10.2. The molecule has 0 fully saturated rings. The predicted molar refractivity (Wildman–Crippen MR) is 67.4 cm³/mol. The molecule has 0 spiro atoms. The molecule has 0 bridgehead atoms. The van der Waals surface area contributed by atoms with E-state index in [1.807, 2.05) is 18.2 Å². The van der Waals surface area contributed by atoms with Crippen molar-refractivity contribution in [2.24, 2.45) is 0 Å². The first-order valence-electron chi connectivity index (χ1n) is 5.27. The van der Waals surface area contributed by atoms with Gasteiger partial charge in [0.25, 0.3) is 0 Å². The third-order valence-corrected chi connectivity index (χ3v) is 3.35. The van der Waals surface area contributed by atoms with Gasteiger partial charge in [-0.3, -0.25) is 0 Å². The van der Waals surface area contributed by atoms with Gasteiger partial charge in [0.2, 0.25) is 0 Å². The fourth-order valence-electron chi connectivity index (χ4n) is 1.43. The molecule has 4 heteroatoms. The number of rotatable bonds is 3. The Hall–Kier alpha value is -1.81. The van der Waals surface area contributed by atoms with Gasteiger partial charge >= 0.3 is 5.97 Å². The van der Waals surface area contributed by atoms with Gasteiger partial charge in [0.1, 0.15) is 10.6 Å². The van der Waals surface area contributed by atoms with Gasteiger partial charge in [-0.2, -0.15) is 0 Å². The van der Waals surface area contributed by atoms with E-state index in [1.165, 1.54) is 11.3 Å². The first kappa shape index (κ1) is 11.7. The van der Waals surface area contributed by atoms with Gasteiger partial charge in [-0.25, -0.2) is 4.79 Å². The van der Waals surface area contributed by atoms with Crippen LogP contribution in [-0.2, 0) is 4.74 Å². The van der Waals surface area contributed by atoms with Crippen molar-refractivity contribution in [3.05, 3.63) is 41.3 Å².